The second kappa shape index (κ2) is 8.84. The highest BCUT2D eigenvalue weighted by molar-refractivity contribution is 6.06. The number of aryl methyl sites for hydroxylation is 1. The number of hydrogen-bond acceptors (Lipinski definition) is 3. The van der Waals surface area contributed by atoms with Crippen molar-refractivity contribution in [3.8, 4) is 0 Å². The highest BCUT2D eigenvalue weighted by atomic mass is 16.2. The van der Waals surface area contributed by atoms with Crippen LogP contribution in [0.25, 0.3) is 10.9 Å². The minimum Gasteiger partial charge on any atom is -0.348 e. The van der Waals surface area contributed by atoms with Crippen LogP contribution in [0.15, 0.2) is 59.4 Å². The molecule has 3 aromatic rings. The minimum atomic E-state index is -0.227. The molecule has 1 fully saturated rings. The van der Waals surface area contributed by atoms with Crippen molar-refractivity contribution in [3.05, 3.63) is 81.6 Å². The third-order valence-corrected chi connectivity index (χ3v) is 6.20. The van der Waals surface area contributed by atoms with Gasteiger partial charge < -0.3 is 9.88 Å². The van der Waals surface area contributed by atoms with E-state index < -0.39 is 0 Å². The van der Waals surface area contributed by atoms with Crippen LogP contribution in [-0.2, 0) is 20.1 Å². The fourth-order valence-electron chi connectivity index (χ4n) is 4.27. The number of benzene rings is 2. The quantitative estimate of drug-likeness (QED) is 0.704. The molecule has 1 atom stereocenters. The highest BCUT2D eigenvalue weighted by Gasteiger charge is 2.18. The average molecular weight is 404 g/mol. The predicted molar refractivity (Wildman–Crippen MR) is 121 cm³/mol. The molecule has 4 rings (SSSR count). The molecule has 2 heterocycles. The van der Waals surface area contributed by atoms with E-state index in [1.807, 2.05) is 24.3 Å². The van der Waals surface area contributed by atoms with Gasteiger partial charge in [-0.05, 0) is 43.5 Å². The molecule has 0 aliphatic carbocycles. The van der Waals surface area contributed by atoms with Crippen molar-refractivity contribution in [1.82, 2.24) is 14.8 Å². The molecule has 5 nitrogen and oxygen atoms in total. The number of carbonyl (C=O) groups is 1. The first kappa shape index (κ1) is 20.4. The molecular weight excluding hydrogens is 374 g/mol. The Kier molecular flexibility index (Phi) is 6.00. The van der Waals surface area contributed by atoms with E-state index in [1.54, 1.807) is 11.6 Å². The van der Waals surface area contributed by atoms with Gasteiger partial charge in [0.2, 0.25) is 0 Å². The Morgan fingerprint density at radius 1 is 1.07 bits per heavy atom. The predicted octanol–water partition coefficient (Wildman–Crippen LogP) is 3.84. The number of likely N-dealkylation sites (tertiary alicyclic amines) is 1. The summed E-state index contributed by atoms with van der Waals surface area (Å²) in [7, 11) is 1.72. The van der Waals surface area contributed by atoms with Gasteiger partial charge in [-0.15, -0.1) is 0 Å². The number of pyridine rings is 1. The van der Waals surface area contributed by atoms with Crippen molar-refractivity contribution < 1.29 is 4.79 Å². The van der Waals surface area contributed by atoms with Gasteiger partial charge in [0.15, 0.2) is 0 Å². The lowest BCUT2D eigenvalue weighted by molar-refractivity contribution is 0.0952. The molecule has 0 radical (unpaired) electrons. The van der Waals surface area contributed by atoms with E-state index in [4.69, 9.17) is 0 Å². The number of rotatable bonds is 5. The highest BCUT2D eigenvalue weighted by Crippen LogP contribution is 2.20. The van der Waals surface area contributed by atoms with Crippen molar-refractivity contribution in [1.29, 1.82) is 0 Å². The summed E-state index contributed by atoms with van der Waals surface area (Å²) in [6, 6.07) is 18.0. The van der Waals surface area contributed by atoms with E-state index in [2.05, 4.69) is 41.4 Å². The Morgan fingerprint density at radius 3 is 2.57 bits per heavy atom. The van der Waals surface area contributed by atoms with Crippen molar-refractivity contribution >= 4 is 16.8 Å². The second-order valence-corrected chi connectivity index (χ2v) is 8.29. The van der Waals surface area contributed by atoms with Gasteiger partial charge in [0.25, 0.3) is 11.5 Å². The second-order valence-electron chi connectivity index (χ2n) is 8.29. The Morgan fingerprint density at radius 2 is 1.80 bits per heavy atom. The summed E-state index contributed by atoms with van der Waals surface area (Å²) in [4.78, 5) is 27.6. The van der Waals surface area contributed by atoms with Gasteiger partial charge in [-0.1, -0.05) is 48.9 Å². The number of fused-ring (bicyclic) bond motifs is 1. The molecule has 5 heteroatoms. The monoisotopic (exact) mass is 403 g/mol. The molecule has 1 amide bonds. The van der Waals surface area contributed by atoms with Crippen LogP contribution in [0.5, 0.6) is 0 Å². The normalized spacial score (nSPS) is 17.2. The smallest absolute Gasteiger partial charge is 0.252 e. The van der Waals surface area contributed by atoms with Crippen molar-refractivity contribution in [2.24, 2.45) is 7.05 Å². The Hall–Kier alpha value is -2.92. The number of aromatic nitrogens is 1. The number of nitrogens with zero attached hydrogens (tertiary/aromatic N) is 2. The van der Waals surface area contributed by atoms with Gasteiger partial charge in [0.05, 0.1) is 11.1 Å². The number of amides is 1. The molecule has 30 heavy (non-hydrogen) atoms. The van der Waals surface area contributed by atoms with Gasteiger partial charge in [-0.2, -0.15) is 0 Å². The van der Waals surface area contributed by atoms with Gasteiger partial charge in [-0.25, -0.2) is 0 Å². The Balaban J connectivity index is 1.43. The summed E-state index contributed by atoms with van der Waals surface area (Å²) < 4.78 is 1.56. The van der Waals surface area contributed by atoms with E-state index in [0.717, 1.165) is 23.0 Å². The first-order valence-corrected chi connectivity index (χ1v) is 10.7. The molecule has 1 unspecified atom stereocenters. The van der Waals surface area contributed by atoms with E-state index in [0.29, 0.717) is 18.2 Å². The summed E-state index contributed by atoms with van der Waals surface area (Å²) in [6.45, 7) is 4.89. The lowest BCUT2D eigenvalue weighted by Gasteiger charge is -2.33. The van der Waals surface area contributed by atoms with E-state index in [-0.39, 0.29) is 11.5 Å². The maximum atomic E-state index is 12.8. The molecule has 0 saturated carbocycles. The number of piperidine rings is 1. The molecular formula is C25H29N3O2. The summed E-state index contributed by atoms with van der Waals surface area (Å²) in [5, 5.41) is 3.75. The van der Waals surface area contributed by atoms with Crippen LogP contribution in [0.1, 0.15) is 47.7 Å². The molecule has 156 valence electrons. The molecule has 1 N–H and O–H groups in total. The maximum Gasteiger partial charge on any atom is 0.252 e. The van der Waals surface area contributed by atoms with Crippen LogP contribution in [0, 0.1) is 0 Å². The number of hydrogen-bond donors (Lipinski definition) is 1. The number of para-hydroxylation sites is 1. The molecule has 1 saturated heterocycles. The number of carbonyl (C=O) groups excluding carboxylic acids is 1. The number of nitrogens with one attached hydrogen (secondary N) is 1. The summed E-state index contributed by atoms with van der Waals surface area (Å²) in [6.07, 6.45) is 3.90. The zero-order valence-corrected chi connectivity index (χ0v) is 17.7. The average Bonchev–Trinajstić information content (AvgIpc) is 2.77. The van der Waals surface area contributed by atoms with Gasteiger partial charge in [0.1, 0.15) is 0 Å². The first-order valence-electron chi connectivity index (χ1n) is 10.7. The lowest BCUT2D eigenvalue weighted by atomic mass is 10.0. The molecule has 0 bridgehead atoms. The van der Waals surface area contributed by atoms with Crippen molar-refractivity contribution in [2.45, 2.75) is 45.3 Å². The molecule has 1 aromatic heterocycles. The van der Waals surface area contributed by atoms with Crippen LogP contribution in [0.2, 0.25) is 0 Å². The standard InChI is InChI=1S/C25H29N3O2/c1-18-7-5-6-14-28(18)17-20-12-10-19(11-13-20)16-26-25(30)22-15-24(29)27(2)23-9-4-3-8-21(22)23/h3-4,8-13,15,18H,5-7,14,16-17H2,1-2H3,(H,26,30). The van der Waals surface area contributed by atoms with E-state index in [9.17, 15) is 9.59 Å². The van der Waals surface area contributed by atoms with Crippen LogP contribution in [0.4, 0.5) is 0 Å². The zero-order chi connectivity index (χ0) is 21.1. The van der Waals surface area contributed by atoms with Crippen LogP contribution < -0.4 is 10.9 Å². The van der Waals surface area contributed by atoms with E-state index >= 15 is 0 Å². The van der Waals surface area contributed by atoms with Crippen LogP contribution in [0.3, 0.4) is 0 Å². The minimum absolute atomic E-state index is 0.185. The van der Waals surface area contributed by atoms with Crippen molar-refractivity contribution in [3.63, 3.8) is 0 Å². The molecule has 0 spiro atoms. The Bertz CT molecular complexity index is 1100. The maximum absolute atomic E-state index is 12.8. The molecule has 2 aromatic carbocycles. The lowest BCUT2D eigenvalue weighted by Crippen LogP contribution is -2.36. The fourth-order valence-corrected chi connectivity index (χ4v) is 4.27. The third-order valence-electron chi connectivity index (χ3n) is 6.20. The van der Waals surface area contributed by atoms with Crippen LogP contribution >= 0.6 is 0 Å². The fraction of sp³-hybridized carbons (Fsp3) is 0.360. The van der Waals surface area contributed by atoms with Crippen LogP contribution in [-0.4, -0.2) is 28.0 Å². The Labute approximate surface area is 177 Å². The summed E-state index contributed by atoms with van der Waals surface area (Å²) >= 11 is 0. The van der Waals surface area contributed by atoms with Gasteiger partial charge >= 0.3 is 0 Å². The van der Waals surface area contributed by atoms with Crippen molar-refractivity contribution in [2.75, 3.05) is 6.54 Å². The summed E-state index contributed by atoms with van der Waals surface area (Å²) in [5.41, 5.74) is 3.34. The summed E-state index contributed by atoms with van der Waals surface area (Å²) in [5.74, 6) is -0.227. The SMILES string of the molecule is CC1CCCCN1Cc1ccc(CNC(=O)c2cc(=O)n(C)c3ccccc23)cc1. The first-order chi connectivity index (χ1) is 14.5. The largest absolute Gasteiger partial charge is 0.348 e. The van der Waals surface area contributed by atoms with E-state index in [1.165, 1.54) is 37.4 Å². The molecule has 1 aliphatic rings. The van der Waals surface area contributed by atoms with Gasteiger partial charge in [0, 0.05) is 37.6 Å². The van der Waals surface area contributed by atoms with Gasteiger partial charge in [-0.3, -0.25) is 14.5 Å². The third kappa shape index (κ3) is 4.31. The zero-order valence-electron chi connectivity index (χ0n) is 17.7. The molecule has 1 aliphatic heterocycles. The topological polar surface area (TPSA) is 54.3 Å².